The third kappa shape index (κ3) is 4.36. The van der Waals surface area contributed by atoms with Gasteiger partial charge < -0.3 is 15.0 Å². The summed E-state index contributed by atoms with van der Waals surface area (Å²) in [5.41, 5.74) is 3.75. The Kier molecular flexibility index (Phi) is 6.10. The van der Waals surface area contributed by atoms with E-state index in [0.29, 0.717) is 12.1 Å². The molecule has 1 amide bonds. The summed E-state index contributed by atoms with van der Waals surface area (Å²) in [5.74, 6) is 0.827. The van der Waals surface area contributed by atoms with Gasteiger partial charge in [-0.25, -0.2) is 4.98 Å². The lowest BCUT2D eigenvalue weighted by molar-refractivity contribution is 0.0951. The first kappa shape index (κ1) is 21.0. The lowest BCUT2D eigenvalue weighted by Gasteiger charge is -2.26. The van der Waals surface area contributed by atoms with Crippen LogP contribution in [0.2, 0.25) is 0 Å². The van der Waals surface area contributed by atoms with E-state index in [4.69, 9.17) is 9.72 Å². The number of methoxy groups -OCH3 is 1. The molecule has 1 aliphatic heterocycles. The number of aromatic nitrogens is 2. The summed E-state index contributed by atoms with van der Waals surface area (Å²) in [6.07, 6.45) is 7.01. The van der Waals surface area contributed by atoms with Crippen LogP contribution in [-0.4, -0.2) is 53.5 Å². The summed E-state index contributed by atoms with van der Waals surface area (Å²) >= 11 is 1.60. The Morgan fingerprint density at radius 1 is 1.12 bits per heavy atom. The number of rotatable bonds is 7. The number of hydrogen-bond donors (Lipinski definition) is 1. The number of amides is 1. The summed E-state index contributed by atoms with van der Waals surface area (Å²) in [4.78, 5) is 20.8. The number of thiazole rings is 1. The number of benzene rings is 2. The molecule has 2 aromatic carbocycles. The average molecular weight is 449 g/mol. The predicted molar refractivity (Wildman–Crippen MR) is 130 cm³/mol. The van der Waals surface area contributed by atoms with Gasteiger partial charge in [-0.15, -0.1) is 0 Å². The largest absolute Gasteiger partial charge is 0.497 e. The first-order valence-electron chi connectivity index (χ1n) is 11.3. The van der Waals surface area contributed by atoms with Crippen LogP contribution >= 0.6 is 11.3 Å². The molecule has 1 aliphatic rings. The molecule has 4 aromatic rings. The maximum atomic E-state index is 12.6. The fraction of sp³-hybridized carbons (Fsp3) is 0.360. The van der Waals surface area contributed by atoms with Crippen molar-refractivity contribution < 1.29 is 9.53 Å². The van der Waals surface area contributed by atoms with E-state index >= 15 is 0 Å². The number of likely N-dealkylation sites (tertiary alicyclic amines) is 1. The molecule has 6 nitrogen and oxygen atoms in total. The molecule has 166 valence electrons. The Morgan fingerprint density at radius 3 is 2.72 bits per heavy atom. The van der Waals surface area contributed by atoms with Crippen molar-refractivity contribution >= 4 is 32.4 Å². The molecule has 0 bridgehead atoms. The highest BCUT2D eigenvalue weighted by Gasteiger charge is 2.14. The molecular formula is C25H28N4O2S. The number of nitrogens with one attached hydrogen (secondary N) is 1. The molecular weight excluding hydrogens is 420 g/mol. The quantitative estimate of drug-likeness (QED) is 0.412. The summed E-state index contributed by atoms with van der Waals surface area (Å²) in [6.45, 7) is 4.18. The average Bonchev–Trinajstić information content (AvgIpc) is 3.40. The second-order valence-corrected chi connectivity index (χ2v) is 9.31. The highest BCUT2D eigenvalue weighted by Crippen LogP contribution is 2.30. The third-order valence-electron chi connectivity index (χ3n) is 6.13. The number of ether oxygens (including phenoxy) is 1. The van der Waals surface area contributed by atoms with Crippen LogP contribution in [0.15, 0.2) is 48.7 Å². The number of piperidine rings is 1. The molecule has 5 rings (SSSR count). The van der Waals surface area contributed by atoms with Gasteiger partial charge in [0.05, 0.1) is 23.0 Å². The van der Waals surface area contributed by atoms with Crippen LogP contribution in [-0.2, 0) is 0 Å². The van der Waals surface area contributed by atoms with E-state index in [1.807, 2.05) is 42.5 Å². The smallest absolute Gasteiger partial charge is 0.251 e. The Bertz CT molecular complexity index is 1220. The Labute approximate surface area is 191 Å². The summed E-state index contributed by atoms with van der Waals surface area (Å²) < 4.78 is 8.40. The number of fused-ring (bicyclic) bond motifs is 3. The first-order valence-corrected chi connectivity index (χ1v) is 12.1. The second kappa shape index (κ2) is 9.30. The number of hydrogen-bond acceptors (Lipinski definition) is 5. The molecule has 0 radical (unpaired) electrons. The number of nitrogens with zero attached hydrogens (tertiary/aromatic N) is 3. The van der Waals surface area contributed by atoms with Crippen LogP contribution in [0.4, 0.5) is 0 Å². The maximum Gasteiger partial charge on any atom is 0.251 e. The standard InChI is InChI=1S/C25H28N4O2S/c1-31-20-9-6-18(7-10-20)21-17-29-22-11-8-19(16-23(22)32-25(29)27-21)24(30)26-12-5-15-28-13-3-2-4-14-28/h6-11,16-17H,2-5,12-15H2,1H3,(H,26,30). The summed E-state index contributed by atoms with van der Waals surface area (Å²) in [5, 5.41) is 3.08. The van der Waals surface area contributed by atoms with E-state index < -0.39 is 0 Å². The van der Waals surface area contributed by atoms with Gasteiger partial charge in [0, 0.05) is 23.9 Å². The highest BCUT2D eigenvalue weighted by atomic mass is 32.1. The van der Waals surface area contributed by atoms with Gasteiger partial charge in [0.2, 0.25) is 0 Å². The van der Waals surface area contributed by atoms with Crippen molar-refractivity contribution in [2.24, 2.45) is 0 Å². The van der Waals surface area contributed by atoms with Crippen molar-refractivity contribution in [1.29, 1.82) is 0 Å². The zero-order chi connectivity index (χ0) is 21.9. The van der Waals surface area contributed by atoms with Crippen molar-refractivity contribution in [2.45, 2.75) is 25.7 Å². The Morgan fingerprint density at radius 2 is 1.94 bits per heavy atom. The van der Waals surface area contributed by atoms with Gasteiger partial charge >= 0.3 is 0 Å². The number of carbonyl (C=O) groups is 1. The zero-order valence-electron chi connectivity index (χ0n) is 18.3. The minimum absolute atomic E-state index is 0.00416. The molecule has 0 aliphatic carbocycles. The van der Waals surface area contributed by atoms with E-state index in [0.717, 1.165) is 45.1 Å². The Balaban J connectivity index is 1.25. The van der Waals surface area contributed by atoms with Gasteiger partial charge in [0.1, 0.15) is 5.75 Å². The van der Waals surface area contributed by atoms with E-state index in [9.17, 15) is 4.79 Å². The molecule has 0 spiro atoms. The molecule has 3 heterocycles. The SMILES string of the molecule is COc1ccc(-c2cn3c(n2)sc2cc(C(=O)NCCCN4CCCCC4)ccc23)cc1. The van der Waals surface area contributed by atoms with Gasteiger partial charge in [0.15, 0.2) is 4.96 Å². The van der Waals surface area contributed by atoms with Gasteiger partial charge in [-0.1, -0.05) is 17.8 Å². The van der Waals surface area contributed by atoms with Gasteiger partial charge in [-0.2, -0.15) is 0 Å². The Hall–Kier alpha value is -2.90. The molecule has 0 atom stereocenters. The monoisotopic (exact) mass is 448 g/mol. The molecule has 1 fully saturated rings. The van der Waals surface area contributed by atoms with Crippen LogP contribution in [0.3, 0.4) is 0 Å². The van der Waals surface area contributed by atoms with Gasteiger partial charge in [0.25, 0.3) is 5.91 Å². The fourth-order valence-corrected chi connectivity index (χ4v) is 5.38. The summed E-state index contributed by atoms with van der Waals surface area (Å²) in [7, 11) is 1.66. The molecule has 0 saturated carbocycles. The third-order valence-corrected chi connectivity index (χ3v) is 7.14. The van der Waals surface area contributed by atoms with Crippen molar-refractivity contribution in [2.75, 3.05) is 33.3 Å². The van der Waals surface area contributed by atoms with Crippen LogP contribution in [0.25, 0.3) is 26.4 Å². The molecule has 7 heteroatoms. The fourth-order valence-electron chi connectivity index (χ4n) is 4.33. The van der Waals surface area contributed by atoms with Crippen molar-refractivity contribution in [3.63, 3.8) is 0 Å². The predicted octanol–water partition coefficient (Wildman–Crippen LogP) is 4.83. The van der Waals surface area contributed by atoms with E-state index in [1.54, 1.807) is 18.4 Å². The molecule has 1 N–H and O–H groups in total. The van der Waals surface area contributed by atoms with Crippen molar-refractivity contribution in [1.82, 2.24) is 19.6 Å². The lowest BCUT2D eigenvalue weighted by atomic mass is 10.1. The zero-order valence-corrected chi connectivity index (χ0v) is 19.2. The number of imidazole rings is 1. The molecule has 2 aromatic heterocycles. The van der Waals surface area contributed by atoms with E-state index in [-0.39, 0.29) is 5.91 Å². The van der Waals surface area contributed by atoms with Crippen LogP contribution in [0, 0.1) is 0 Å². The molecule has 0 unspecified atom stereocenters. The molecule has 1 saturated heterocycles. The summed E-state index contributed by atoms with van der Waals surface area (Å²) in [6, 6.07) is 13.8. The van der Waals surface area contributed by atoms with Gasteiger partial charge in [-0.3, -0.25) is 9.20 Å². The highest BCUT2D eigenvalue weighted by molar-refractivity contribution is 7.23. The van der Waals surface area contributed by atoms with E-state index in [2.05, 4.69) is 20.8 Å². The minimum Gasteiger partial charge on any atom is -0.497 e. The van der Waals surface area contributed by atoms with Crippen molar-refractivity contribution in [3.8, 4) is 17.0 Å². The second-order valence-electron chi connectivity index (χ2n) is 8.30. The van der Waals surface area contributed by atoms with Crippen molar-refractivity contribution in [3.05, 3.63) is 54.2 Å². The molecule has 32 heavy (non-hydrogen) atoms. The normalized spacial score (nSPS) is 14.8. The first-order chi connectivity index (χ1) is 15.7. The maximum absolute atomic E-state index is 12.6. The van der Waals surface area contributed by atoms with Crippen LogP contribution in [0.5, 0.6) is 5.75 Å². The van der Waals surface area contributed by atoms with Crippen LogP contribution in [0.1, 0.15) is 36.0 Å². The van der Waals surface area contributed by atoms with Gasteiger partial charge in [-0.05, 0) is 81.4 Å². The minimum atomic E-state index is -0.00416. The van der Waals surface area contributed by atoms with Crippen LogP contribution < -0.4 is 10.1 Å². The number of carbonyl (C=O) groups excluding carboxylic acids is 1. The van der Waals surface area contributed by atoms with E-state index in [1.165, 1.54) is 32.4 Å². The topological polar surface area (TPSA) is 58.9 Å². The lowest BCUT2D eigenvalue weighted by Crippen LogP contribution is -2.33.